The molecule has 5 nitrogen and oxygen atoms in total. The average Bonchev–Trinajstić information content (AvgIpc) is 2.85. The number of carbonyl (C=O) groups is 1. The Labute approximate surface area is 141 Å². The van der Waals surface area contributed by atoms with Crippen molar-refractivity contribution >= 4 is 5.91 Å². The number of benzene rings is 1. The molecule has 1 aromatic heterocycles. The fourth-order valence-corrected chi connectivity index (χ4v) is 3.05. The number of allylic oxidation sites excluding steroid dienone is 2. The van der Waals surface area contributed by atoms with Gasteiger partial charge in [0.1, 0.15) is 0 Å². The Morgan fingerprint density at radius 2 is 1.88 bits per heavy atom. The SMILES string of the molecule is Cc1c(-c2ccccc2)n(C(=O)/C=C/C2CCOCC2)c(=O)n1C. The van der Waals surface area contributed by atoms with Crippen LogP contribution in [0.5, 0.6) is 0 Å². The number of hydrogen-bond acceptors (Lipinski definition) is 3. The predicted molar refractivity (Wildman–Crippen MR) is 93.2 cm³/mol. The average molecular weight is 326 g/mol. The first-order valence-electron chi connectivity index (χ1n) is 8.23. The number of rotatable bonds is 3. The second kappa shape index (κ2) is 7.01. The van der Waals surface area contributed by atoms with Crippen molar-refractivity contribution in [2.45, 2.75) is 19.8 Å². The van der Waals surface area contributed by atoms with E-state index in [-0.39, 0.29) is 11.6 Å². The van der Waals surface area contributed by atoms with Gasteiger partial charge in [0.25, 0.3) is 5.91 Å². The van der Waals surface area contributed by atoms with Crippen LogP contribution in [0.3, 0.4) is 0 Å². The molecule has 0 aliphatic carbocycles. The van der Waals surface area contributed by atoms with E-state index >= 15 is 0 Å². The third kappa shape index (κ3) is 3.12. The molecule has 1 aromatic carbocycles. The van der Waals surface area contributed by atoms with Crippen molar-refractivity contribution in [3.05, 3.63) is 58.7 Å². The lowest BCUT2D eigenvalue weighted by atomic mass is 10.00. The van der Waals surface area contributed by atoms with Gasteiger partial charge in [-0.15, -0.1) is 0 Å². The summed E-state index contributed by atoms with van der Waals surface area (Å²) in [4.78, 5) is 25.2. The highest BCUT2D eigenvalue weighted by molar-refractivity contribution is 5.93. The van der Waals surface area contributed by atoms with Gasteiger partial charge in [-0.05, 0) is 25.7 Å². The largest absolute Gasteiger partial charge is 0.381 e. The topological polar surface area (TPSA) is 53.2 Å². The summed E-state index contributed by atoms with van der Waals surface area (Å²) in [6.45, 7) is 3.31. The van der Waals surface area contributed by atoms with Crippen LogP contribution in [-0.2, 0) is 11.8 Å². The molecule has 2 aromatic rings. The van der Waals surface area contributed by atoms with Crippen molar-refractivity contribution in [3.8, 4) is 11.3 Å². The molecule has 3 rings (SSSR count). The van der Waals surface area contributed by atoms with Gasteiger partial charge in [0.05, 0.1) is 5.69 Å². The molecule has 24 heavy (non-hydrogen) atoms. The molecule has 2 heterocycles. The van der Waals surface area contributed by atoms with E-state index in [0.29, 0.717) is 11.6 Å². The van der Waals surface area contributed by atoms with Crippen molar-refractivity contribution in [1.29, 1.82) is 0 Å². The lowest BCUT2D eigenvalue weighted by molar-refractivity contribution is 0.0781. The second-order valence-electron chi connectivity index (χ2n) is 6.12. The summed E-state index contributed by atoms with van der Waals surface area (Å²) < 4.78 is 8.11. The van der Waals surface area contributed by atoms with Crippen LogP contribution in [0, 0.1) is 12.8 Å². The van der Waals surface area contributed by atoms with Crippen molar-refractivity contribution < 1.29 is 9.53 Å². The van der Waals surface area contributed by atoms with Gasteiger partial charge >= 0.3 is 5.69 Å². The van der Waals surface area contributed by atoms with Gasteiger partial charge in [0, 0.05) is 37.6 Å². The maximum atomic E-state index is 12.7. The van der Waals surface area contributed by atoms with Crippen LogP contribution >= 0.6 is 0 Å². The smallest absolute Gasteiger partial charge is 0.335 e. The molecule has 1 aliphatic heterocycles. The molecule has 1 saturated heterocycles. The Hall–Kier alpha value is -2.40. The fourth-order valence-electron chi connectivity index (χ4n) is 3.05. The van der Waals surface area contributed by atoms with Gasteiger partial charge in [0.2, 0.25) is 0 Å². The summed E-state index contributed by atoms with van der Waals surface area (Å²) in [5, 5.41) is 0. The molecule has 5 heteroatoms. The highest BCUT2D eigenvalue weighted by Crippen LogP contribution is 2.22. The lowest BCUT2D eigenvalue weighted by Crippen LogP contribution is -2.27. The maximum Gasteiger partial charge on any atom is 0.335 e. The van der Waals surface area contributed by atoms with Gasteiger partial charge in [-0.2, -0.15) is 0 Å². The Kier molecular flexibility index (Phi) is 4.81. The molecule has 0 saturated carbocycles. The molecule has 1 aliphatic rings. The van der Waals surface area contributed by atoms with Crippen molar-refractivity contribution in [1.82, 2.24) is 9.13 Å². The highest BCUT2D eigenvalue weighted by Gasteiger charge is 2.20. The molecular formula is C19H22N2O3. The molecule has 0 spiro atoms. The minimum Gasteiger partial charge on any atom is -0.381 e. The van der Waals surface area contributed by atoms with Crippen LogP contribution in [-0.4, -0.2) is 28.3 Å². The molecule has 0 radical (unpaired) electrons. The number of ether oxygens (including phenoxy) is 1. The van der Waals surface area contributed by atoms with Crippen molar-refractivity contribution in [2.24, 2.45) is 13.0 Å². The normalized spacial score (nSPS) is 15.9. The quantitative estimate of drug-likeness (QED) is 0.815. The zero-order valence-electron chi connectivity index (χ0n) is 14.1. The first-order chi connectivity index (χ1) is 11.6. The van der Waals surface area contributed by atoms with E-state index in [1.54, 1.807) is 7.05 Å². The van der Waals surface area contributed by atoms with Gasteiger partial charge in [-0.3, -0.25) is 9.36 Å². The predicted octanol–water partition coefficient (Wildman–Crippen LogP) is 2.79. The summed E-state index contributed by atoms with van der Waals surface area (Å²) in [5.74, 6) is 0.0393. The number of hydrogen-bond donors (Lipinski definition) is 0. The minimum absolute atomic E-state index is 0.297. The van der Waals surface area contributed by atoms with Crippen LogP contribution in [0.15, 0.2) is 47.3 Å². The first kappa shape index (κ1) is 16.5. The molecule has 0 N–H and O–H groups in total. The van der Waals surface area contributed by atoms with E-state index in [1.807, 2.05) is 43.3 Å². The summed E-state index contributed by atoms with van der Waals surface area (Å²) >= 11 is 0. The molecular weight excluding hydrogens is 304 g/mol. The summed E-state index contributed by atoms with van der Waals surface area (Å²) in [6, 6.07) is 9.54. The third-order valence-electron chi connectivity index (χ3n) is 4.59. The first-order valence-corrected chi connectivity index (χ1v) is 8.23. The Morgan fingerprint density at radius 3 is 2.54 bits per heavy atom. The van der Waals surface area contributed by atoms with Crippen molar-refractivity contribution in [3.63, 3.8) is 0 Å². The minimum atomic E-state index is -0.312. The van der Waals surface area contributed by atoms with Crippen LogP contribution in [0.1, 0.15) is 23.3 Å². The molecule has 126 valence electrons. The van der Waals surface area contributed by atoms with Crippen LogP contribution in [0.25, 0.3) is 11.3 Å². The van der Waals surface area contributed by atoms with Gasteiger partial charge in [0.15, 0.2) is 0 Å². The van der Waals surface area contributed by atoms with E-state index in [9.17, 15) is 9.59 Å². The zero-order valence-corrected chi connectivity index (χ0v) is 14.1. The van der Waals surface area contributed by atoms with Crippen LogP contribution in [0.2, 0.25) is 0 Å². The zero-order chi connectivity index (χ0) is 17.1. The molecule has 0 atom stereocenters. The van der Waals surface area contributed by atoms with E-state index < -0.39 is 0 Å². The number of imidazole rings is 1. The molecule has 1 fully saturated rings. The molecule has 0 unspecified atom stereocenters. The number of carbonyl (C=O) groups excluding carboxylic acids is 1. The van der Waals surface area contributed by atoms with Crippen LogP contribution < -0.4 is 5.69 Å². The van der Waals surface area contributed by atoms with Gasteiger partial charge in [-0.1, -0.05) is 36.4 Å². The standard InChI is InChI=1S/C19H22N2O3/c1-14-18(16-6-4-3-5-7-16)21(19(23)20(14)2)17(22)9-8-15-10-12-24-13-11-15/h3-9,15H,10-13H2,1-2H3/b9-8+. The van der Waals surface area contributed by atoms with Gasteiger partial charge < -0.3 is 4.74 Å². The summed E-state index contributed by atoms with van der Waals surface area (Å²) in [6.07, 6.45) is 5.27. The maximum absolute atomic E-state index is 12.7. The summed E-state index contributed by atoms with van der Waals surface area (Å²) in [5.41, 5.74) is 1.98. The molecule has 0 amide bonds. The number of nitrogens with zero attached hydrogens (tertiary/aromatic N) is 2. The lowest BCUT2D eigenvalue weighted by Gasteiger charge is -2.18. The van der Waals surface area contributed by atoms with Crippen molar-refractivity contribution in [2.75, 3.05) is 13.2 Å². The second-order valence-corrected chi connectivity index (χ2v) is 6.12. The highest BCUT2D eigenvalue weighted by atomic mass is 16.5. The van der Waals surface area contributed by atoms with Crippen LogP contribution in [0.4, 0.5) is 0 Å². The van der Waals surface area contributed by atoms with E-state index in [0.717, 1.165) is 37.3 Å². The Bertz CT molecular complexity index is 809. The number of aromatic nitrogens is 2. The summed E-state index contributed by atoms with van der Waals surface area (Å²) in [7, 11) is 1.69. The Balaban J connectivity index is 1.98. The monoisotopic (exact) mass is 326 g/mol. The Morgan fingerprint density at radius 1 is 1.21 bits per heavy atom. The van der Waals surface area contributed by atoms with E-state index in [4.69, 9.17) is 4.74 Å². The fraction of sp³-hybridized carbons (Fsp3) is 0.368. The van der Waals surface area contributed by atoms with E-state index in [1.165, 1.54) is 15.2 Å². The van der Waals surface area contributed by atoms with E-state index in [2.05, 4.69) is 0 Å². The third-order valence-corrected chi connectivity index (χ3v) is 4.59. The molecule has 0 bridgehead atoms. The van der Waals surface area contributed by atoms with Gasteiger partial charge in [-0.25, -0.2) is 9.36 Å².